The second-order valence-corrected chi connectivity index (χ2v) is 5.80. The highest BCUT2D eigenvalue weighted by atomic mass is 16.5. The van der Waals surface area contributed by atoms with E-state index in [1.165, 1.54) is 12.8 Å². The minimum atomic E-state index is 0.0173. The number of rotatable bonds is 5. The largest absolute Gasteiger partial charge is 0.339 e. The van der Waals surface area contributed by atoms with Crippen LogP contribution < -0.4 is 0 Å². The second-order valence-electron chi connectivity index (χ2n) is 5.80. The van der Waals surface area contributed by atoms with Crippen molar-refractivity contribution in [3.05, 3.63) is 47.6 Å². The van der Waals surface area contributed by atoms with Gasteiger partial charge in [0, 0.05) is 11.5 Å². The molecule has 1 heterocycles. The maximum Gasteiger partial charge on any atom is 0.234 e. The maximum atomic E-state index is 12.1. The number of Topliss-reactive ketones (excluding diaryl/α,β-unsaturated/α-hetero) is 1. The van der Waals surface area contributed by atoms with Gasteiger partial charge in [0.1, 0.15) is 0 Å². The van der Waals surface area contributed by atoms with E-state index >= 15 is 0 Å². The Morgan fingerprint density at radius 3 is 2.81 bits per heavy atom. The molecule has 1 fully saturated rings. The highest BCUT2D eigenvalue weighted by molar-refractivity contribution is 5.96. The zero-order valence-electron chi connectivity index (χ0n) is 12.3. The summed E-state index contributed by atoms with van der Waals surface area (Å²) in [4.78, 5) is 16.5. The lowest BCUT2D eigenvalue weighted by atomic mass is 10.0. The third-order valence-corrected chi connectivity index (χ3v) is 4.38. The first-order chi connectivity index (χ1) is 10.3. The molecule has 2 atom stereocenters. The van der Waals surface area contributed by atoms with E-state index in [0.29, 0.717) is 17.4 Å². The molecule has 1 aliphatic rings. The first-order valence-corrected chi connectivity index (χ1v) is 7.67. The molecule has 0 spiro atoms. The predicted molar refractivity (Wildman–Crippen MR) is 79.1 cm³/mol. The van der Waals surface area contributed by atoms with Crippen LogP contribution in [0.1, 0.15) is 60.6 Å². The van der Waals surface area contributed by atoms with Crippen LogP contribution in [0.2, 0.25) is 0 Å². The van der Waals surface area contributed by atoms with Crippen LogP contribution in [0, 0.1) is 5.92 Å². The van der Waals surface area contributed by atoms with Gasteiger partial charge in [-0.15, -0.1) is 0 Å². The smallest absolute Gasteiger partial charge is 0.234 e. The van der Waals surface area contributed by atoms with E-state index in [-0.39, 0.29) is 12.2 Å². The molecule has 4 heteroatoms. The van der Waals surface area contributed by atoms with Gasteiger partial charge in [-0.1, -0.05) is 48.8 Å². The van der Waals surface area contributed by atoms with E-state index in [2.05, 4.69) is 17.1 Å². The van der Waals surface area contributed by atoms with Gasteiger partial charge in [-0.2, -0.15) is 4.98 Å². The van der Waals surface area contributed by atoms with E-state index in [9.17, 15) is 4.79 Å². The van der Waals surface area contributed by atoms with Crippen molar-refractivity contribution in [2.75, 3.05) is 0 Å². The molecule has 1 aromatic heterocycles. The van der Waals surface area contributed by atoms with E-state index in [1.54, 1.807) is 0 Å². The summed E-state index contributed by atoms with van der Waals surface area (Å²) in [7, 11) is 0. The molecule has 21 heavy (non-hydrogen) atoms. The Hall–Kier alpha value is -1.97. The molecule has 0 aliphatic heterocycles. The number of ketones is 1. The van der Waals surface area contributed by atoms with Crippen LogP contribution in [-0.4, -0.2) is 15.9 Å². The summed E-state index contributed by atoms with van der Waals surface area (Å²) in [6.07, 6.45) is 4.91. The molecule has 0 N–H and O–H groups in total. The molecular weight excluding hydrogens is 264 g/mol. The molecule has 3 rings (SSSR count). The van der Waals surface area contributed by atoms with Crippen molar-refractivity contribution in [1.82, 2.24) is 10.1 Å². The zero-order chi connectivity index (χ0) is 14.7. The monoisotopic (exact) mass is 284 g/mol. The zero-order valence-corrected chi connectivity index (χ0v) is 12.3. The lowest BCUT2D eigenvalue weighted by molar-refractivity contribution is 0.0983. The molecule has 0 bridgehead atoms. The summed E-state index contributed by atoms with van der Waals surface area (Å²) >= 11 is 0. The third kappa shape index (κ3) is 3.20. The van der Waals surface area contributed by atoms with Crippen molar-refractivity contribution >= 4 is 5.78 Å². The van der Waals surface area contributed by atoms with Gasteiger partial charge in [-0.3, -0.25) is 4.79 Å². The van der Waals surface area contributed by atoms with E-state index in [1.807, 2.05) is 30.3 Å². The van der Waals surface area contributed by atoms with Gasteiger partial charge in [0.25, 0.3) is 0 Å². The standard InChI is InChI=1S/C17H20N2O2/c1-2-12-8-9-14(10-12)17-18-16(21-19-17)11-15(20)13-6-4-3-5-7-13/h3-7,12,14H,2,8-11H2,1H3. The first kappa shape index (κ1) is 14.0. The SMILES string of the molecule is CCC1CCC(c2noc(CC(=O)c3ccccc3)n2)C1. The Balaban J connectivity index is 1.64. The van der Waals surface area contributed by atoms with E-state index in [4.69, 9.17) is 4.52 Å². The molecule has 1 aliphatic carbocycles. The number of nitrogens with zero attached hydrogens (tertiary/aromatic N) is 2. The van der Waals surface area contributed by atoms with Gasteiger partial charge in [-0.25, -0.2) is 0 Å². The molecular formula is C17H20N2O2. The van der Waals surface area contributed by atoms with Gasteiger partial charge in [0.15, 0.2) is 11.6 Å². The van der Waals surface area contributed by atoms with E-state index < -0.39 is 0 Å². The highest BCUT2D eigenvalue weighted by Crippen LogP contribution is 2.38. The molecule has 1 aromatic carbocycles. The molecule has 2 unspecified atom stereocenters. The van der Waals surface area contributed by atoms with Crippen molar-refractivity contribution < 1.29 is 9.32 Å². The molecule has 2 aromatic rings. The fourth-order valence-electron chi connectivity index (χ4n) is 3.05. The molecule has 0 amide bonds. The second kappa shape index (κ2) is 6.20. The summed E-state index contributed by atoms with van der Waals surface area (Å²) in [5, 5.41) is 4.08. The average Bonchev–Trinajstić information content (AvgIpc) is 3.16. The predicted octanol–water partition coefficient (Wildman–Crippen LogP) is 3.79. The Morgan fingerprint density at radius 1 is 1.29 bits per heavy atom. The van der Waals surface area contributed by atoms with Gasteiger partial charge < -0.3 is 4.52 Å². The van der Waals surface area contributed by atoms with Crippen molar-refractivity contribution in [2.24, 2.45) is 5.92 Å². The summed E-state index contributed by atoms with van der Waals surface area (Å²) < 4.78 is 5.26. The molecule has 1 saturated carbocycles. The van der Waals surface area contributed by atoms with Crippen molar-refractivity contribution in [3.63, 3.8) is 0 Å². The summed E-state index contributed by atoms with van der Waals surface area (Å²) in [6.45, 7) is 2.23. The Kier molecular flexibility index (Phi) is 4.13. The van der Waals surface area contributed by atoms with Crippen LogP contribution in [0.15, 0.2) is 34.9 Å². The number of hydrogen-bond donors (Lipinski definition) is 0. The van der Waals surface area contributed by atoms with E-state index in [0.717, 1.165) is 24.6 Å². The molecule has 0 radical (unpaired) electrons. The maximum absolute atomic E-state index is 12.1. The van der Waals surface area contributed by atoms with Crippen LogP contribution in [-0.2, 0) is 6.42 Å². The quantitative estimate of drug-likeness (QED) is 0.784. The summed E-state index contributed by atoms with van der Waals surface area (Å²) in [5.41, 5.74) is 0.684. The number of carbonyl (C=O) groups excluding carboxylic acids is 1. The fourth-order valence-corrected chi connectivity index (χ4v) is 3.05. The van der Waals surface area contributed by atoms with Crippen LogP contribution in [0.5, 0.6) is 0 Å². The van der Waals surface area contributed by atoms with Crippen LogP contribution in [0.3, 0.4) is 0 Å². The fraction of sp³-hybridized carbons (Fsp3) is 0.471. The number of carbonyl (C=O) groups is 1. The van der Waals surface area contributed by atoms with Crippen molar-refractivity contribution in [1.29, 1.82) is 0 Å². The lowest BCUT2D eigenvalue weighted by Crippen LogP contribution is -2.04. The number of benzene rings is 1. The first-order valence-electron chi connectivity index (χ1n) is 7.67. The van der Waals surface area contributed by atoms with Gasteiger partial charge in [-0.05, 0) is 25.2 Å². The summed E-state index contributed by atoms with van der Waals surface area (Å²) in [6, 6.07) is 9.22. The highest BCUT2D eigenvalue weighted by Gasteiger charge is 2.28. The molecule has 0 saturated heterocycles. The Bertz CT molecular complexity index is 606. The summed E-state index contributed by atoms with van der Waals surface area (Å²) in [5.74, 6) is 2.41. The third-order valence-electron chi connectivity index (χ3n) is 4.38. The van der Waals surface area contributed by atoms with Gasteiger partial charge >= 0.3 is 0 Å². The van der Waals surface area contributed by atoms with Crippen LogP contribution in [0.4, 0.5) is 0 Å². The topological polar surface area (TPSA) is 56.0 Å². The van der Waals surface area contributed by atoms with Crippen LogP contribution >= 0.6 is 0 Å². The minimum Gasteiger partial charge on any atom is -0.339 e. The average molecular weight is 284 g/mol. The molecule has 110 valence electrons. The molecule has 4 nitrogen and oxygen atoms in total. The Morgan fingerprint density at radius 2 is 2.10 bits per heavy atom. The van der Waals surface area contributed by atoms with Gasteiger partial charge in [0.2, 0.25) is 5.89 Å². The van der Waals surface area contributed by atoms with Crippen LogP contribution in [0.25, 0.3) is 0 Å². The van der Waals surface area contributed by atoms with Crippen molar-refractivity contribution in [2.45, 2.75) is 44.9 Å². The van der Waals surface area contributed by atoms with Crippen molar-refractivity contribution in [3.8, 4) is 0 Å². The minimum absolute atomic E-state index is 0.0173. The Labute approximate surface area is 124 Å². The number of aromatic nitrogens is 2. The van der Waals surface area contributed by atoms with Gasteiger partial charge in [0.05, 0.1) is 6.42 Å². The lowest BCUT2D eigenvalue weighted by Gasteiger charge is -2.04. The normalized spacial score (nSPS) is 21.6. The number of hydrogen-bond acceptors (Lipinski definition) is 4.